The molecule has 0 aliphatic rings. The molecule has 0 aromatic carbocycles. The molecule has 0 unspecified atom stereocenters. The van der Waals surface area contributed by atoms with Gasteiger partial charge in [0.2, 0.25) is 0 Å². The van der Waals surface area contributed by atoms with E-state index in [0.717, 1.165) is 11.5 Å². The molecule has 2 heterocycles. The third-order valence-electron chi connectivity index (χ3n) is 1.29. The second-order valence-electron chi connectivity index (χ2n) is 1.95. The van der Waals surface area contributed by atoms with Gasteiger partial charge in [0, 0.05) is 15.5 Å². The first-order valence-corrected chi connectivity index (χ1v) is 4.72. The normalized spacial score (nSPS) is 10.2. The summed E-state index contributed by atoms with van der Waals surface area (Å²) in [5.41, 5.74) is 0. The molecule has 0 fully saturated rings. The maximum absolute atomic E-state index is 6.73. The maximum Gasteiger partial charge on any atom is 0.184 e. The molecular formula is C7H5NOS2. The minimum absolute atomic E-state index is 0.793. The first-order chi connectivity index (χ1) is 5.40. The molecule has 2 aromatic rings. The first-order valence-electron chi connectivity index (χ1n) is 3.03. The summed E-state index contributed by atoms with van der Waals surface area (Å²) in [5.74, 6) is 0. The molecule has 1 N–H and O–H groups in total. The molecule has 0 atom stereocenters. The zero-order valence-electron chi connectivity index (χ0n) is 5.53. The van der Waals surface area contributed by atoms with Crippen LogP contribution in [-0.4, -0.2) is 6.40 Å². The van der Waals surface area contributed by atoms with Crippen LogP contribution >= 0.6 is 22.7 Å². The molecule has 4 heteroatoms. The summed E-state index contributed by atoms with van der Waals surface area (Å²) in [6.07, 6.45) is 0.954. The van der Waals surface area contributed by atoms with Crippen molar-refractivity contribution in [2.45, 2.75) is 0 Å². The van der Waals surface area contributed by atoms with Gasteiger partial charge < -0.3 is 4.74 Å². The van der Waals surface area contributed by atoms with Crippen LogP contribution in [0.3, 0.4) is 0 Å². The van der Waals surface area contributed by atoms with Crippen LogP contribution in [0.1, 0.15) is 0 Å². The Kier molecular flexibility index (Phi) is 1.63. The lowest BCUT2D eigenvalue weighted by Gasteiger charge is -1.87. The largest absolute Gasteiger partial charge is 0.436 e. The van der Waals surface area contributed by atoms with Gasteiger partial charge in [-0.15, -0.1) is 11.3 Å². The molecule has 0 bridgehead atoms. The van der Waals surface area contributed by atoms with E-state index in [-0.39, 0.29) is 0 Å². The maximum atomic E-state index is 6.73. The number of hydrogen-bond acceptors (Lipinski definition) is 4. The van der Waals surface area contributed by atoms with Crippen LogP contribution in [0.15, 0.2) is 17.5 Å². The quantitative estimate of drug-likeness (QED) is 0.563. The van der Waals surface area contributed by atoms with Gasteiger partial charge in [-0.3, -0.25) is 5.41 Å². The van der Waals surface area contributed by atoms with Crippen molar-refractivity contribution >= 4 is 38.5 Å². The van der Waals surface area contributed by atoms with Crippen molar-refractivity contribution in [2.75, 3.05) is 0 Å². The van der Waals surface area contributed by atoms with Gasteiger partial charge in [-0.1, -0.05) is 11.3 Å². The van der Waals surface area contributed by atoms with Crippen LogP contribution in [0.25, 0.3) is 9.40 Å². The van der Waals surface area contributed by atoms with Crippen molar-refractivity contribution in [3.8, 4) is 5.06 Å². The van der Waals surface area contributed by atoms with Crippen molar-refractivity contribution in [1.29, 1.82) is 5.41 Å². The average molecular weight is 183 g/mol. The SMILES string of the molecule is N=COc1cc2sccc2s1. The highest BCUT2D eigenvalue weighted by atomic mass is 32.1. The third kappa shape index (κ3) is 1.15. The lowest BCUT2D eigenvalue weighted by Crippen LogP contribution is -1.81. The van der Waals surface area contributed by atoms with Crippen LogP contribution in [0, 0.1) is 5.41 Å². The Hall–Kier alpha value is -0.870. The smallest absolute Gasteiger partial charge is 0.184 e. The fourth-order valence-corrected chi connectivity index (χ4v) is 2.79. The number of fused-ring (bicyclic) bond motifs is 1. The highest BCUT2D eigenvalue weighted by Gasteiger charge is 2.01. The first kappa shape index (κ1) is 6.82. The van der Waals surface area contributed by atoms with E-state index in [9.17, 15) is 0 Å². The topological polar surface area (TPSA) is 33.1 Å². The van der Waals surface area contributed by atoms with E-state index in [1.54, 1.807) is 22.7 Å². The molecule has 11 heavy (non-hydrogen) atoms. The van der Waals surface area contributed by atoms with Crippen LogP contribution in [0.4, 0.5) is 0 Å². The van der Waals surface area contributed by atoms with E-state index in [1.807, 2.05) is 6.07 Å². The third-order valence-corrected chi connectivity index (χ3v) is 3.28. The molecule has 2 nitrogen and oxygen atoms in total. The highest BCUT2D eigenvalue weighted by Crippen LogP contribution is 2.34. The number of rotatable bonds is 2. The van der Waals surface area contributed by atoms with E-state index < -0.39 is 0 Å². The van der Waals surface area contributed by atoms with E-state index in [2.05, 4.69) is 11.4 Å². The van der Waals surface area contributed by atoms with Gasteiger partial charge in [0.25, 0.3) is 0 Å². The molecule has 56 valence electrons. The fourth-order valence-electron chi connectivity index (χ4n) is 0.860. The Balaban J connectivity index is 2.49. The summed E-state index contributed by atoms with van der Waals surface area (Å²) in [6.45, 7) is 0. The van der Waals surface area contributed by atoms with Crippen LogP contribution < -0.4 is 4.74 Å². The molecule has 0 amide bonds. The summed E-state index contributed by atoms with van der Waals surface area (Å²) in [6, 6.07) is 4.01. The van der Waals surface area contributed by atoms with E-state index in [4.69, 9.17) is 10.1 Å². The highest BCUT2D eigenvalue weighted by molar-refractivity contribution is 7.27. The molecule has 0 radical (unpaired) electrons. The Bertz CT molecular complexity index is 348. The van der Waals surface area contributed by atoms with Crippen LogP contribution in [0.2, 0.25) is 0 Å². The predicted molar refractivity (Wildman–Crippen MR) is 49.1 cm³/mol. The summed E-state index contributed by atoms with van der Waals surface area (Å²) in [4.78, 5) is 0. The zero-order chi connectivity index (χ0) is 7.68. The molecule has 0 aliphatic heterocycles. The Morgan fingerprint density at radius 2 is 2.36 bits per heavy atom. The molecular weight excluding hydrogens is 178 g/mol. The van der Waals surface area contributed by atoms with Crippen molar-refractivity contribution in [3.05, 3.63) is 17.5 Å². The summed E-state index contributed by atoms with van der Waals surface area (Å²) < 4.78 is 7.37. The number of ether oxygens (including phenoxy) is 1. The van der Waals surface area contributed by atoms with Crippen LogP contribution in [0.5, 0.6) is 5.06 Å². The van der Waals surface area contributed by atoms with E-state index >= 15 is 0 Å². The van der Waals surface area contributed by atoms with Crippen molar-refractivity contribution < 1.29 is 4.74 Å². The number of thiophene rings is 2. The lowest BCUT2D eigenvalue weighted by molar-refractivity contribution is 0.587. The van der Waals surface area contributed by atoms with Gasteiger partial charge in [0.15, 0.2) is 11.5 Å². The summed E-state index contributed by atoms with van der Waals surface area (Å²) in [5, 5.41) is 9.57. The summed E-state index contributed by atoms with van der Waals surface area (Å²) in [7, 11) is 0. The van der Waals surface area contributed by atoms with E-state index in [1.165, 1.54) is 9.40 Å². The van der Waals surface area contributed by atoms with Gasteiger partial charge >= 0.3 is 0 Å². The Labute approximate surface area is 71.6 Å². The monoisotopic (exact) mass is 183 g/mol. The molecule has 0 saturated heterocycles. The van der Waals surface area contributed by atoms with Crippen molar-refractivity contribution in [3.63, 3.8) is 0 Å². The van der Waals surface area contributed by atoms with Gasteiger partial charge in [-0.2, -0.15) is 0 Å². The standard InChI is InChI=1S/C7H5NOS2/c8-4-9-7-3-6-5(11-7)1-2-10-6/h1-4,8H. The number of nitrogens with one attached hydrogen (secondary N) is 1. The second kappa shape index (κ2) is 2.64. The summed E-state index contributed by atoms with van der Waals surface area (Å²) >= 11 is 3.25. The molecule has 0 aliphatic carbocycles. The van der Waals surface area contributed by atoms with Gasteiger partial charge in [0.05, 0.1) is 0 Å². The number of hydrogen-bond donors (Lipinski definition) is 1. The zero-order valence-corrected chi connectivity index (χ0v) is 7.17. The van der Waals surface area contributed by atoms with Gasteiger partial charge in [-0.25, -0.2) is 0 Å². The molecule has 0 spiro atoms. The van der Waals surface area contributed by atoms with E-state index in [0.29, 0.717) is 0 Å². The van der Waals surface area contributed by atoms with Crippen LogP contribution in [-0.2, 0) is 0 Å². The average Bonchev–Trinajstić information content (AvgIpc) is 2.46. The van der Waals surface area contributed by atoms with Gasteiger partial charge in [-0.05, 0) is 11.4 Å². The second-order valence-corrected chi connectivity index (χ2v) is 3.94. The Morgan fingerprint density at radius 3 is 3.09 bits per heavy atom. The molecule has 2 aromatic heterocycles. The molecule has 0 saturated carbocycles. The Morgan fingerprint density at radius 1 is 1.45 bits per heavy atom. The van der Waals surface area contributed by atoms with Gasteiger partial charge in [0.1, 0.15) is 0 Å². The predicted octanol–water partition coefficient (Wildman–Crippen LogP) is 2.95. The fraction of sp³-hybridized carbons (Fsp3) is 0. The molecule has 2 rings (SSSR count). The minimum atomic E-state index is 0.793. The van der Waals surface area contributed by atoms with Crippen molar-refractivity contribution in [1.82, 2.24) is 0 Å². The van der Waals surface area contributed by atoms with Crippen molar-refractivity contribution in [2.24, 2.45) is 0 Å². The minimum Gasteiger partial charge on any atom is -0.436 e. The lowest BCUT2D eigenvalue weighted by atomic mass is 10.5.